The number of fused-ring (bicyclic) bond motifs is 1. The molecule has 4 nitrogen and oxygen atoms in total. The van der Waals surface area contributed by atoms with Gasteiger partial charge in [-0.05, 0) is 28.5 Å². The molecule has 0 bridgehead atoms. The number of benzene rings is 2. The van der Waals surface area contributed by atoms with E-state index >= 15 is 0 Å². The third-order valence-corrected chi connectivity index (χ3v) is 2.46. The first-order valence-corrected chi connectivity index (χ1v) is 4.74. The molecule has 2 aromatic carbocycles. The van der Waals surface area contributed by atoms with Gasteiger partial charge in [-0.15, -0.1) is 0 Å². The highest BCUT2D eigenvalue weighted by Gasteiger charge is 2.09. The van der Waals surface area contributed by atoms with Crippen molar-refractivity contribution in [2.75, 3.05) is 0 Å². The summed E-state index contributed by atoms with van der Waals surface area (Å²) in [5.74, 6) is -0.159. The molecule has 0 amide bonds. The first-order valence-electron chi connectivity index (χ1n) is 4.74. The lowest BCUT2D eigenvalue weighted by molar-refractivity contribution is 0.475. The van der Waals surface area contributed by atoms with Crippen LogP contribution in [0.1, 0.15) is 11.1 Å². The fourth-order valence-corrected chi connectivity index (χ4v) is 1.71. The van der Waals surface area contributed by atoms with Crippen molar-refractivity contribution >= 4 is 22.8 Å². The molecule has 16 heavy (non-hydrogen) atoms. The van der Waals surface area contributed by atoms with E-state index in [1.54, 1.807) is 18.2 Å². The zero-order chi connectivity index (χ0) is 11.7. The maximum absolute atomic E-state index is 9.64. The van der Waals surface area contributed by atoms with Crippen molar-refractivity contribution < 1.29 is 5.11 Å². The molecular weight excluding hydrogens is 202 g/mol. The summed E-state index contributed by atoms with van der Waals surface area (Å²) in [4.78, 5) is 0. The highest BCUT2D eigenvalue weighted by molar-refractivity contribution is 6.10. The summed E-state index contributed by atoms with van der Waals surface area (Å²) in [6, 6.07) is 8.57. The van der Waals surface area contributed by atoms with Gasteiger partial charge in [-0.1, -0.05) is 18.2 Å². The Bertz CT molecular complexity index is 590. The molecule has 0 atom stereocenters. The molecule has 0 aliphatic heterocycles. The van der Waals surface area contributed by atoms with E-state index in [9.17, 15) is 5.11 Å². The second kappa shape index (κ2) is 3.66. The van der Waals surface area contributed by atoms with E-state index in [1.165, 1.54) is 12.3 Å². The number of phenolic OH excluding ortho intramolecular Hbond substituents is 1. The normalized spacial score (nSPS) is 10.2. The molecule has 0 saturated heterocycles. The number of amidine groups is 1. The van der Waals surface area contributed by atoms with Crippen LogP contribution in [0, 0.1) is 10.8 Å². The molecule has 0 heterocycles. The molecule has 0 unspecified atom stereocenters. The Morgan fingerprint density at radius 3 is 2.62 bits per heavy atom. The van der Waals surface area contributed by atoms with Gasteiger partial charge in [-0.3, -0.25) is 5.41 Å². The average molecular weight is 213 g/mol. The molecule has 80 valence electrons. The van der Waals surface area contributed by atoms with Crippen molar-refractivity contribution in [3.05, 3.63) is 41.5 Å². The number of nitrogens with two attached hydrogens (primary N) is 1. The predicted molar refractivity (Wildman–Crippen MR) is 64.5 cm³/mol. The van der Waals surface area contributed by atoms with Crippen molar-refractivity contribution in [3.63, 3.8) is 0 Å². The van der Waals surface area contributed by atoms with Gasteiger partial charge in [0.25, 0.3) is 0 Å². The summed E-state index contributed by atoms with van der Waals surface area (Å²) in [7, 11) is 0. The van der Waals surface area contributed by atoms with Crippen molar-refractivity contribution in [2.24, 2.45) is 5.73 Å². The van der Waals surface area contributed by atoms with Crippen molar-refractivity contribution in [1.29, 1.82) is 10.8 Å². The average Bonchev–Trinajstić information content (AvgIpc) is 2.27. The van der Waals surface area contributed by atoms with Crippen molar-refractivity contribution in [3.8, 4) is 5.75 Å². The number of rotatable bonds is 2. The Morgan fingerprint density at radius 2 is 2.00 bits per heavy atom. The second-order valence-corrected chi connectivity index (χ2v) is 3.50. The summed E-state index contributed by atoms with van der Waals surface area (Å²) in [6.07, 6.45) is 1.25. The standard InChI is InChI=1S/C12H11N3O/c13-6-7-1-3-9-8(5-7)2-4-10(16)11(9)12(14)15/h1-6,13,16H,(H3,14,15). The van der Waals surface area contributed by atoms with Crippen LogP contribution in [-0.4, -0.2) is 17.2 Å². The monoisotopic (exact) mass is 213 g/mol. The van der Waals surface area contributed by atoms with Crippen LogP contribution in [0.4, 0.5) is 0 Å². The van der Waals surface area contributed by atoms with E-state index in [4.69, 9.17) is 16.6 Å². The highest BCUT2D eigenvalue weighted by atomic mass is 16.3. The minimum Gasteiger partial charge on any atom is -0.507 e. The molecule has 0 fully saturated rings. The zero-order valence-electron chi connectivity index (χ0n) is 8.49. The maximum atomic E-state index is 9.64. The molecule has 2 aromatic rings. The van der Waals surface area contributed by atoms with Gasteiger partial charge in [0.05, 0.1) is 5.56 Å². The van der Waals surface area contributed by atoms with E-state index in [1.807, 2.05) is 6.07 Å². The summed E-state index contributed by atoms with van der Waals surface area (Å²) in [5, 5.41) is 25.8. The van der Waals surface area contributed by atoms with Crippen molar-refractivity contribution in [1.82, 2.24) is 0 Å². The summed E-state index contributed by atoms with van der Waals surface area (Å²) in [6.45, 7) is 0. The minimum atomic E-state index is -0.161. The molecule has 0 saturated carbocycles. The molecule has 0 spiro atoms. The minimum absolute atomic E-state index is 0.00241. The number of aromatic hydroxyl groups is 1. The van der Waals surface area contributed by atoms with Crippen LogP contribution >= 0.6 is 0 Å². The largest absolute Gasteiger partial charge is 0.507 e. The van der Waals surface area contributed by atoms with Crippen LogP contribution in [0.2, 0.25) is 0 Å². The van der Waals surface area contributed by atoms with Gasteiger partial charge in [-0.25, -0.2) is 0 Å². The van der Waals surface area contributed by atoms with Gasteiger partial charge >= 0.3 is 0 Å². The summed E-state index contributed by atoms with van der Waals surface area (Å²) < 4.78 is 0. The van der Waals surface area contributed by atoms with Gasteiger partial charge in [-0.2, -0.15) is 0 Å². The fourth-order valence-electron chi connectivity index (χ4n) is 1.71. The molecule has 0 aromatic heterocycles. The Hall–Kier alpha value is -2.36. The molecule has 5 N–H and O–H groups in total. The highest BCUT2D eigenvalue weighted by Crippen LogP contribution is 2.27. The van der Waals surface area contributed by atoms with Gasteiger partial charge in [0.2, 0.25) is 0 Å². The molecule has 4 heteroatoms. The van der Waals surface area contributed by atoms with E-state index in [2.05, 4.69) is 0 Å². The number of nitrogen functional groups attached to an aromatic ring is 1. The maximum Gasteiger partial charge on any atom is 0.127 e. The summed E-state index contributed by atoms with van der Waals surface area (Å²) in [5.41, 5.74) is 6.54. The van der Waals surface area contributed by atoms with Crippen molar-refractivity contribution in [2.45, 2.75) is 0 Å². The zero-order valence-corrected chi connectivity index (χ0v) is 8.49. The van der Waals surface area contributed by atoms with Crippen LogP contribution in [0.15, 0.2) is 30.3 Å². The van der Waals surface area contributed by atoms with Crippen LogP contribution in [0.3, 0.4) is 0 Å². The van der Waals surface area contributed by atoms with Crippen LogP contribution in [-0.2, 0) is 0 Å². The van der Waals surface area contributed by atoms with Gasteiger partial charge in [0.15, 0.2) is 0 Å². The van der Waals surface area contributed by atoms with E-state index < -0.39 is 0 Å². The fraction of sp³-hybridized carbons (Fsp3) is 0. The lowest BCUT2D eigenvalue weighted by atomic mass is 10.0. The van der Waals surface area contributed by atoms with E-state index in [0.29, 0.717) is 5.56 Å². The molecule has 2 rings (SSSR count). The topological polar surface area (TPSA) is 94.0 Å². The van der Waals surface area contributed by atoms with Gasteiger partial charge < -0.3 is 16.2 Å². The third-order valence-electron chi connectivity index (χ3n) is 2.46. The first-order chi connectivity index (χ1) is 7.63. The quantitative estimate of drug-likeness (QED) is 0.452. The summed E-state index contributed by atoms with van der Waals surface area (Å²) >= 11 is 0. The lowest BCUT2D eigenvalue weighted by Crippen LogP contribution is -2.11. The molecular formula is C12H11N3O. The first kappa shape index (κ1) is 10.2. The van der Waals surface area contributed by atoms with Crippen LogP contribution in [0.5, 0.6) is 5.75 Å². The molecule has 0 aliphatic rings. The van der Waals surface area contributed by atoms with Crippen LogP contribution < -0.4 is 5.73 Å². The Balaban J connectivity index is 2.84. The lowest BCUT2D eigenvalue weighted by Gasteiger charge is -2.07. The molecule has 0 aliphatic carbocycles. The van der Waals surface area contributed by atoms with E-state index in [-0.39, 0.29) is 11.6 Å². The van der Waals surface area contributed by atoms with Gasteiger partial charge in [0, 0.05) is 6.21 Å². The van der Waals surface area contributed by atoms with Gasteiger partial charge in [0.1, 0.15) is 11.6 Å². The predicted octanol–water partition coefficient (Wildman–Crippen LogP) is 1.83. The van der Waals surface area contributed by atoms with E-state index in [0.717, 1.165) is 16.3 Å². The number of nitrogens with one attached hydrogen (secondary N) is 2. The molecule has 0 radical (unpaired) electrons. The number of hydrogen-bond acceptors (Lipinski definition) is 3. The Labute approximate surface area is 92.3 Å². The Kier molecular flexibility index (Phi) is 2.32. The Morgan fingerprint density at radius 1 is 1.25 bits per heavy atom. The SMILES string of the molecule is N=Cc1ccc2c(C(=N)N)c(O)ccc2c1. The third kappa shape index (κ3) is 1.50. The van der Waals surface area contributed by atoms with Crippen LogP contribution in [0.25, 0.3) is 10.8 Å². The smallest absolute Gasteiger partial charge is 0.127 e. The number of hydrogen-bond donors (Lipinski definition) is 4. The number of phenols is 1. The second-order valence-electron chi connectivity index (χ2n) is 3.50.